The summed E-state index contributed by atoms with van der Waals surface area (Å²) >= 11 is 5.90. The molecule has 0 spiro atoms. The lowest BCUT2D eigenvalue weighted by Gasteiger charge is -2.36. The summed E-state index contributed by atoms with van der Waals surface area (Å²) in [6, 6.07) is 13.7. The molecule has 0 bridgehead atoms. The van der Waals surface area contributed by atoms with E-state index in [2.05, 4.69) is 5.32 Å². The Morgan fingerprint density at radius 2 is 1.81 bits per heavy atom. The SMILES string of the molecule is O=C(C[C@H]1c2ccccc2CCN1S(=O)(=O)c1ccc(Cl)cc1)NC1CC1. The van der Waals surface area contributed by atoms with Crippen LogP contribution in [-0.4, -0.2) is 31.2 Å². The predicted molar refractivity (Wildman–Crippen MR) is 104 cm³/mol. The van der Waals surface area contributed by atoms with Crippen molar-refractivity contribution >= 4 is 27.5 Å². The maximum absolute atomic E-state index is 13.3. The van der Waals surface area contributed by atoms with Gasteiger partial charge in [-0.3, -0.25) is 4.79 Å². The number of fused-ring (bicyclic) bond motifs is 1. The highest BCUT2D eigenvalue weighted by Gasteiger charge is 2.38. The molecule has 2 aromatic rings. The highest BCUT2D eigenvalue weighted by atomic mass is 35.5. The van der Waals surface area contributed by atoms with Gasteiger partial charge in [0.15, 0.2) is 0 Å². The summed E-state index contributed by atoms with van der Waals surface area (Å²) in [4.78, 5) is 12.7. The Balaban J connectivity index is 1.68. The third-order valence-corrected chi connectivity index (χ3v) is 7.28. The maximum atomic E-state index is 13.3. The van der Waals surface area contributed by atoms with Crippen molar-refractivity contribution < 1.29 is 13.2 Å². The standard InChI is InChI=1S/C20H21ClN2O3S/c21-15-5-9-17(10-6-15)27(25,26)23-12-11-14-3-1-2-4-18(14)19(23)13-20(24)22-16-7-8-16/h1-6,9-10,16,19H,7-8,11-13H2,(H,22,24)/t19-/m0/s1. The molecule has 1 aliphatic carbocycles. The van der Waals surface area contributed by atoms with Gasteiger partial charge in [0.25, 0.3) is 0 Å². The second kappa shape index (κ2) is 7.26. The summed E-state index contributed by atoms with van der Waals surface area (Å²) in [5.41, 5.74) is 2.01. The fraction of sp³-hybridized carbons (Fsp3) is 0.350. The molecule has 0 unspecified atom stereocenters. The third kappa shape index (κ3) is 3.88. The Labute approximate surface area is 164 Å². The van der Waals surface area contributed by atoms with E-state index in [1.165, 1.54) is 16.4 Å². The molecule has 1 atom stereocenters. The molecule has 142 valence electrons. The van der Waals surface area contributed by atoms with Crippen LogP contribution in [0.3, 0.4) is 0 Å². The molecule has 0 saturated heterocycles. The zero-order valence-corrected chi connectivity index (χ0v) is 16.3. The van der Waals surface area contributed by atoms with Crippen molar-refractivity contribution in [2.24, 2.45) is 0 Å². The molecule has 1 N–H and O–H groups in total. The Bertz CT molecular complexity index is 955. The molecule has 1 saturated carbocycles. The van der Waals surface area contributed by atoms with Crippen LogP contribution in [0, 0.1) is 0 Å². The van der Waals surface area contributed by atoms with Crippen LogP contribution < -0.4 is 5.32 Å². The quantitative estimate of drug-likeness (QED) is 0.831. The van der Waals surface area contributed by atoms with E-state index in [0.29, 0.717) is 18.0 Å². The molecule has 4 rings (SSSR count). The van der Waals surface area contributed by atoms with E-state index in [1.54, 1.807) is 12.1 Å². The molecule has 1 aliphatic heterocycles. The molecule has 2 aromatic carbocycles. The van der Waals surface area contributed by atoms with Gasteiger partial charge in [-0.1, -0.05) is 35.9 Å². The average molecular weight is 405 g/mol. The Kier molecular flexibility index (Phi) is 4.97. The Hall–Kier alpha value is -1.89. The Morgan fingerprint density at radius 3 is 2.52 bits per heavy atom. The van der Waals surface area contributed by atoms with Gasteiger partial charge in [-0.2, -0.15) is 4.31 Å². The molecular formula is C20H21ClN2O3S. The van der Waals surface area contributed by atoms with Gasteiger partial charge in [-0.25, -0.2) is 8.42 Å². The maximum Gasteiger partial charge on any atom is 0.243 e. The molecule has 1 heterocycles. The van der Waals surface area contributed by atoms with Gasteiger partial charge in [-0.15, -0.1) is 0 Å². The molecule has 5 nitrogen and oxygen atoms in total. The molecule has 27 heavy (non-hydrogen) atoms. The number of halogens is 1. The van der Waals surface area contributed by atoms with Gasteiger partial charge >= 0.3 is 0 Å². The number of sulfonamides is 1. The fourth-order valence-electron chi connectivity index (χ4n) is 3.56. The van der Waals surface area contributed by atoms with Crippen LogP contribution in [0.25, 0.3) is 0 Å². The number of nitrogens with one attached hydrogen (secondary N) is 1. The van der Waals surface area contributed by atoms with Crippen LogP contribution in [0.1, 0.15) is 36.4 Å². The summed E-state index contributed by atoms with van der Waals surface area (Å²) in [5, 5.41) is 3.46. The lowest BCUT2D eigenvalue weighted by atomic mass is 9.92. The fourth-order valence-corrected chi connectivity index (χ4v) is 5.29. The number of nitrogens with zero attached hydrogens (tertiary/aromatic N) is 1. The minimum Gasteiger partial charge on any atom is -0.353 e. The number of hydrogen-bond donors (Lipinski definition) is 1. The highest BCUT2D eigenvalue weighted by Crippen LogP contribution is 2.36. The largest absolute Gasteiger partial charge is 0.353 e. The number of carbonyl (C=O) groups is 1. The van der Waals surface area contributed by atoms with Crippen molar-refractivity contribution in [1.82, 2.24) is 9.62 Å². The van der Waals surface area contributed by atoms with Crippen molar-refractivity contribution in [2.75, 3.05) is 6.54 Å². The van der Waals surface area contributed by atoms with E-state index in [-0.39, 0.29) is 23.3 Å². The summed E-state index contributed by atoms with van der Waals surface area (Å²) in [5.74, 6) is -0.101. The van der Waals surface area contributed by atoms with Gasteiger partial charge in [0.05, 0.1) is 10.9 Å². The number of rotatable bonds is 5. The molecule has 0 radical (unpaired) electrons. The first kappa shape index (κ1) is 18.5. The van der Waals surface area contributed by atoms with Crippen molar-refractivity contribution in [3.05, 3.63) is 64.7 Å². The van der Waals surface area contributed by atoms with Crippen LogP contribution in [0.4, 0.5) is 0 Å². The zero-order chi connectivity index (χ0) is 19.0. The topological polar surface area (TPSA) is 66.5 Å². The first-order chi connectivity index (χ1) is 12.9. The van der Waals surface area contributed by atoms with Gasteiger partial charge in [0, 0.05) is 24.0 Å². The zero-order valence-electron chi connectivity index (χ0n) is 14.8. The molecule has 1 fully saturated rings. The van der Waals surface area contributed by atoms with Crippen LogP contribution in [0.15, 0.2) is 53.4 Å². The van der Waals surface area contributed by atoms with Crippen molar-refractivity contribution in [3.8, 4) is 0 Å². The van der Waals surface area contributed by atoms with Crippen molar-refractivity contribution in [2.45, 2.75) is 42.7 Å². The highest BCUT2D eigenvalue weighted by molar-refractivity contribution is 7.89. The van der Waals surface area contributed by atoms with Crippen LogP contribution in [0.2, 0.25) is 5.02 Å². The summed E-state index contributed by atoms with van der Waals surface area (Å²) in [6.07, 6.45) is 2.75. The van der Waals surface area contributed by atoms with E-state index in [0.717, 1.165) is 24.0 Å². The molecule has 7 heteroatoms. The summed E-state index contributed by atoms with van der Waals surface area (Å²) in [7, 11) is -3.73. The lowest BCUT2D eigenvalue weighted by molar-refractivity contribution is -0.122. The van der Waals surface area contributed by atoms with Gasteiger partial charge in [0.2, 0.25) is 15.9 Å². The minimum atomic E-state index is -3.73. The molecular weight excluding hydrogens is 384 g/mol. The van der Waals surface area contributed by atoms with E-state index >= 15 is 0 Å². The summed E-state index contributed by atoms with van der Waals surface area (Å²) in [6.45, 7) is 0.351. The van der Waals surface area contributed by atoms with E-state index < -0.39 is 16.1 Å². The minimum absolute atomic E-state index is 0.101. The predicted octanol–water partition coefficient (Wildman–Crippen LogP) is 3.30. The van der Waals surface area contributed by atoms with Crippen molar-refractivity contribution in [1.29, 1.82) is 0 Å². The number of hydrogen-bond acceptors (Lipinski definition) is 3. The normalized spacial score (nSPS) is 20.1. The second-order valence-corrected chi connectivity index (χ2v) is 9.41. The molecule has 0 aromatic heterocycles. The Morgan fingerprint density at radius 1 is 1.11 bits per heavy atom. The van der Waals surface area contributed by atoms with Gasteiger partial charge < -0.3 is 5.32 Å². The van der Waals surface area contributed by atoms with Crippen molar-refractivity contribution in [3.63, 3.8) is 0 Å². The smallest absolute Gasteiger partial charge is 0.243 e. The number of amides is 1. The first-order valence-electron chi connectivity index (χ1n) is 9.10. The van der Waals surface area contributed by atoms with Crippen LogP contribution in [0.5, 0.6) is 0 Å². The van der Waals surface area contributed by atoms with E-state index in [4.69, 9.17) is 11.6 Å². The average Bonchev–Trinajstić information content (AvgIpc) is 3.46. The third-order valence-electron chi connectivity index (χ3n) is 5.10. The van der Waals surface area contributed by atoms with Crippen LogP contribution in [-0.2, 0) is 21.2 Å². The lowest BCUT2D eigenvalue weighted by Crippen LogP contribution is -2.42. The summed E-state index contributed by atoms with van der Waals surface area (Å²) < 4.78 is 28.0. The van der Waals surface area contributed by atoms with Gasteiger partial charge in [-0.05, 0) is 54.7 Å². The second-order valence-electron chi connectivity index (χ2n) is 7.08. The monoisotopic (exact) mass is 404 g/mol. The molecule has 2 aliphatic rings. The van der Waals surface area contributed by atoms with E-state index in [9.17, 15) is 13.2 Å². The van der Waals surface area contributed by atoms with E-state index in [1.807, 2.05) is 24.3 Å². The van der Waals surface area contributed by atoms with Crippen LogP contribution >= 0.6 is 11.6 Å². The van der Waals surface area contributed by atoms with Gasteiger partial charge in [0.1, 0.15) is 0 Å². The number of carbonyl (C=O) groups excluding carboxylic acids is 1. The number of benzene rings is 2. The molecule has 1 amide bonds. The first-order valence-corrected chi connectivity index (χ1v) is 10.9.